The third-order valence-electron chi connectivity index (χ3n) is 2.35. The molecule has 0 fully saturated rings. The SMILES string of the molecule is COc1ccc(SCC(=O)NCCC(C)N)cc1. The number of hydrogen-bond donors (Lipinski definition) is 2. The Morgan fingerprint density at radius 3 is 2.67 bits per heavy atom. The number of amides is 1. The van der Waals surface area contributed by atoms with Crippen LogP contribution in [0.15, 0.2) is 29.2 Å². The highest BCUT2D eigenvalue weighted by Gasteiger charge is 2.03. The van der Waals surface area contributed by atoms with Crippen molar-refractivity contribution < 1.29 is 9.53 Å². The van der Waals surface area contributed by atoms with Gasteiger partial charge in [-0.25, -0.2) is 0 Å². The van der Waals surface area contributed by atoms with E-state index in [0.29, 0.717) is 12.3 Å². The summed E-state index contributed by atoms with van der Waals surface area (Å²) in [4.78, 5) is 12.6. The summed E-state index contributed by atoms with van der Waals surface area (Å²) in [6.07, 6.45) is 0.805. The monoisotopic (exact) mass is 268 g/mol. The lowest BCUT2D eigenvalue weighted by Gasteiger charge is -2.07. The molecule has 1 atom stereocenters. The van der Waals surface area contributed by atoms with Gasteiger partial charge in [0.2, 0.25) is 5.91 Å². The molecule has 1 amide bonds. The Labute approximate surface area is 112 Å². The highest BCUT2D eigenvalue weighted by Crippen LogP contribution is 2.20. The summed E-state index contributed by atoms with van der Waals surface area (Å²) in [5, 5.41) is 2.84. The number of benzene rings is 1. The molecule has 0 radical (unpaired) electrons. The second kappa shape index (κ2) is 8.00. The van der Waals surface area contributed by atoms with Crippen molar-refractivity contribution in [1.29, 1.82) is 0 Å². The van der Waals surface area contributed by atoms with Crippen LogP contribution in [0, 0.1) is 0 Å². The van der Waals surface area contributed by atoms with E-state index in [1.807, 2.05) is 31.2 Å². The molecule has 3 N–H and O–H groups in total. The van der Waals surface area contributed by atoms with Gasteiger partial charge in [-0.15, -0.1) is 11.8 Å². The van der Waals surface area contributed by atoms with Crippen LogP contribution in [0.5, 0.6) is 5.75 Å². The van der Waals surface area contributed by atoms with E-state index < -0.39 is 0 Å². The molecule has 4 nitrogen and oxygen atoms in total. The van der Waals surface area contributed by atoms with Crippen LogP contribution in [-0.4, -0.2) is 31.4 Å². The first kappa shape index (κ1) is 14.9. The van der Waals surface area contributed by atoms with Gasteiger partial charge in [-0.3, -0.25) is 4.79 Å². The van der Waals surface area contributed by atoms with Crippen LogP contribution in [0.1, 0.15) is 13.3 Å². The molecular formula is C13H20N2O2S. The first-order chi connectivity index (χ1) is 8.61. The number of rotatable bonds is 7. The summed E-state index contributed by atoms with van der Waals surface area (Å²) in [6, 6.07) is 7.78. The van der Waals surface area contributed by atoms with Crippen molar-refractivity contribution in [2.24, 2.45) is 5.73 Å². The van der Waals surface area contributed by atoms with E-state index in [2.05, 4.69) is 5.32 Å². The number of thioether (sulfide) groups is 1. The van der Waals surface area contributed by atoms with Gasteiger partial charge in [-0.05, 0) is 37.6 Å². The largest absolute Gasteiger partial charge is 0.497 e. The molecule has 100 valence electrons. The molecule has 0 heterocycles. The van der Waals surface area contributed by atoms with Crippen molar-refractivity contribution in [3.8, 4) is 5.75 Å². The number of methoxy groups -OCH3 is 1. The molecule has 1 rings (SSSR count). The average molecular weight is 268 g/mol. The molecule has 5 heteroatoms. The number of hydrogen-bond acceptors (Lipinski definition) is 4. The Morgan fingerprint density at radius 1 is 1.44 bits per heavy atom. The summed E-state index contributed by atoms with van der Waals surface area (Å²) in [5.74, 6) is 1.28. The summed E-state index contributed by atoms with van der Waals surface area (Å²) in [5.41, 5.74) is 5.60. The number of nitrogens with one attached hydrogen (secondary N) is 1. The second-order valence-corrected chi connectivity index (χ2v) is 5.13. The Morgan fingerprint density at radius 2 is 2.11 bits per heavy atom. The summed E-state index contributed by atoms with van der Waals surface area (Å²) in [7, 11) is 1.63. The molecule has 0 aliphatic carbocycles. The lowest BCUT2D eigenvalue weighted by molar-refractivity contribution is -0.118. The van der Waals surface area contributed by atoms with E-state index in [1.165, 1.54) is 11.8 Å². The van der Waals surface area contributed by atoms with Gasteiger partial charge >= 0.3 is 0 Å². The summed E-state index contributed by atoms with van der Waals surface area (Å²) < 4.78 is 5.07. The molecule has 0 aliphatic rings. The molecule has 1 aromatic rings. The average Bonchev–Trinajstić information content (AvgIpc) is 2.36. The Hall–Kier alpha value is -1.20. The minimum Gasteiger partial charge on any atom is -0.497 e. The first-order valence-corrected chi connectivity index (χ1v) is 6.89. The van der Waals surface area contributed by atoms with Crippen LogP contribution in [0.4, 0.5) is 0 Å². The van der Waals surface area contributed by atoms with Crippen LogP contribution >= 0.6 is 11.8 Å². The number of carbonyl (C=O) groups excluding carboxylic acids is 1. The molecule has 0 aliphatic heterocycles. The lowest BCUT2D eigenvalue weighted by atomic mass is 10.2. The standard InChI is InChI=1S/C13H20N2O2S/c1-10(14)7-8-15-13(16)9-18-12-5-3-11(17-2)4-6-12/h3-6,10H,7-9,14H2,1-2H3,(H,15,16). The van der Waals surface area contributed by atoms with Gasteiger partial charge in [0.25, 0.3) is 0 Å². The van der Waals surface area contributed by atoms with Crippen molar-refractivity contribution >= 4 is 17.7 Å². The highest BCUT2D eigenvalue weighted by molar-refractivity contribution is 8.00. The van der Waals surface area contributed by atoms with E-state index in [0.717, 1.165) is 17.1 Å². The fraction of sp³-hybridized carbons (Fsp3) is 0.462. The molecule has 0 aromatic heterocycles. The molecule has 0 saturated carbocycles. The smallest absolute Gasteiger partial charge is 0.230 e. The van der Waals surface area contributed by atoms with Gasteiger partial charge in [0.1, 0.15) is 5.75 Å². The Kier molecular flexibility index (Phi) is 6.60. The van der Waals surface area contributed by atoms with Crippen LogP contribution < -0.4 is 15.8 Å². The quantitative estimate of drug-likeness (QED) is 0.738. The zero-order valence-corrected chi connectivity index (χ0v) is 11.6. The van der Waals surface area contributed by atoms with Crippen LogP contribution in [0.2, 0.25) is 0 Å². The van der Waals surface area contributed by atoms with E-state index in [1.54, 1.807) is 7.11 Å². The van der Waals surface area contributed by atoms with E-state index in [4.69, 9.17) is 10.5 Å². The third kappa shape index (κ3) is 5.93. The maximum absolute atomic E-state index is 11.5. The zero-order chi connectivity index (χ0) is 13.4. The number of ether oxygens (including phenoxy) is 1. The van der Waals surface area contributed by atoms with Crippen LogP contribution in [0.3, 0.4) is 0 Å². The lowest BCUT2D eigenvalue weighted by Crippen LogP contribution is -2.30. The Bertz CT molecular complexity index is 366. The molecule has 1 unspecified atom stereocenters. The van der Waals surface area contributed by atoms with Gasteiger partial charge in [-0.1, -0.05) is 0 Å². The van der Waals surface area contributed by atoms with Crippen molar-refractivity contribution in [3.63, 3.8) is 0 Å². The minimum atomic E-state index is 0.0384. The topological polar surface area (TPSA) is 64.3 Å². The van der Waals surface area contributed by atoms with Crippen LogP contribution in [0.25, 0.3) is 0 Å². The van der Waals surface area contributed by atoms with Crippen LogP contribution in [-0.2, 0) is 4.79 Å². The number of nitrogens with two attached hydrogens (primary N) is 1. The van der Waals surface area contributed by atoms with Gasteiger partial charge in [0.05, 0.1) is 12.9 Å². The number of carbonyl (C=O) groups is 1. The maximum Gasteiger partial charge on any atom is 0.230 e. The van der Waals surface area contributed by atoms with E-state index >= 15 is 0 Å². The van der Waals surface area contributed by atoms with Gasteiger partial charge in [0.15, 0.2) is 0 Å². The maximum atomic E-state index is 11.5. The van der Waals surface area contributed by atoms with Crippen molar-refractivity contribution in [1.82, 2.24) is 5.32 Å². The van der Waals surface area contributed by atoms with Crippen molar-refractivity contribution in [2.45, 2.75) is 24.3 Å². The normalized spacial score (nSPS) is 11.9. The van der Waals surface area contributed by atoms with Gasteiger partial charge < -0.3 is 15.8 Å². The molecule has 1 aromatic carbocycles. The van der Waals surface area contributed by atoms with E-state index in [9.17, 15) is 4.79 Å². The second-order valence-electron chi connectivity index (χ2n) is 4.08. The molecule has 0 spiro atoms. The molecule has 18 heavy (non-hydrogen) atoms. The minimum absolute atomic E-state index is 0.0384. The Balaban J connectivity index is 2.24. The zero-order valence-electron chi connectivity index (χ0n) is 10.8. The van der Waals surface area contributed by atoms with Gasteiger partial charge in [0, 0.05) is 17.5 Å². The van der Waals surface area contributed by atoms with Crippen molar-refractivity contribution in [3.05, 3.63) is 24.3 Å². The highest BCUT2D eigenvalue weighted by atomic mass is 32.2. The predicted molar refractivity (Wildman–Crippen MR) is 75.0 cm³/mol. The van der Waals surface area contributed by atoms with Crippen molar-refractivity contribution in [2.75, 3.05) is 19.4 Å². The third-order valence-corrected chi connectivity index (χ3v) is 3.36. The summed E-state index contributed by atoms with van der Waals surface area (Å²) >= 11 is 1.51. The molecular weight excluding hydrogens is 248 g/mol. The fourth-order valence-corrected chi connectivity index (χ4v) is 2.04. The molecule has 0 saturated heterocycles. The predicted octanol–water partition coefficient (Wildman–Crippen LogP) is 1.64. The fourth-order valence-electron chi connectivity index (χ4n) is 1.31. The summed E-state index contributed by atoms with van der Waals surface area (Å²) in [6.45, 7) is 2.57. The first-order valence-electron chi connectivity index (χ1n) is 5.91. The molecule has 0 bridgehead atoms. The van der Waals surface area contributed by atoms with Gasteiger partial charge in [-0.2, -0.15) is 0 Å². The van der Waals surface area contributed by atoms with E-state index in [-0.39, 0.29) is 11.9 Å².